The van der Waals surface area contributed by atoms with Crippen molar-refractivity contribution in [3.63, 3.8) is 0 Å². The van der Waals surface area contributed by atoms with E-state index in [0.29, 0.717) is 19.8 Å². The molecule has 0 radical (unpaired) electrons. The van der Waals surface area contributed by atoms with Crippen LogP contribution in [0.5, 0.6) is 0 Å². The zero-order valence-corrected chi connectivity index (χ0v) is 19.4. The molecule has 22 heavy (non-hydrogen) atoms. The van der Waals surface area contributed by atoms with Gasteiger partial charge in [0, 0.05) is 45.7 Å². The van der Waals surface area contributed by atoms with Gasteiger partial charge in [-0.25, -0.2) is 12.1 Å². The standard InChI is InChI=1S/C7H10FSi.3C3H8O.Hf/c1-9(2,8)7-5-3-4-6-7;3*1-2-3-4;/h3-6H,1-2H3;3*4H,2-3H2,1H3;/q-1;;;;. The predicted molar refractivity (Wildman–Crippen MR) is 92.4 cm³/mol. The summed E-state index contributed by atoms with van der Waals surface area (Å²) in [5.74, 6) is 0. The second-order valence-corrected chi connectivity index (χ2v) is 8.34. The molecule has 0 atom stereocenters. The topological polar surface area (TPSA) is 60.7 Å². The van der Waals surface area contributed by atoms with E-state index in [4.69, 9.17) is 15.3 Å². The summed E-state index contributed by atoms with van der Waals surface area (Å²) in [5, 5.41) is 24.5. The Morgan fingerprint density at radius 2 is 1.05 bits per heavy atom. The molecular weight excluding hydrogens is 466 g/mol. The second-order valence-electron chi connectivity index (χ2n) is 4.82. The van der Waals surface area contributed by atoms with Gasteiger partial charge in [-0.2, -0.15) is 12.1 Å². The van der Waals surface area contributed by atoms with Crippen LogP contribution in [0.25, 0.3) is 0 Å². The molecule has 0 amide bonds. The van der Waals surface area contributed by atoms with E-state index >= 15 is 0 Å². The van der Waals surface area contributed by atoms with Gasteiger partial charge >= 0.3 is 0 Å². The third kappa shape index (κ3) is 28.4. The van der Waals surface area contributed by atoms with E-state index in [0.717, 1.165) is 24.4 Å². The van der Waals surface area contributed by atoms with Crippen LogP contribution in [0.15, 0.2) is 24.3 Å². The van der Waals surface area contributed by atoms with Crippen LogP contribution in [-0.2, 0) is 25.8 Å². The minimum atomic E-state index is -2.48. The van der Waals surface area contributed by atoms with Crippen molar-refractivity contribution in [2.75, 3.05) is 19.8 Å². The molecule has 132 valence electrons. The van der Waals surface area contributed by atoms with Crippen molar-refractivity contribution < 1.29 is 45.3 Å². The van der Waals surface area contributed by atoms with Gasteiger partial charge in [-0.05, 0) is 32.4 Å². The SMILES string of the molecule is CCCO.CCCO.CCCO.C[Si](C)(F)[c-]1cccc1.[Hf]. The Kier molecular flexibility index (Phi) is 32.2. The van der Waals surface area contributed by atoms with Crippen molar-refractivity contribution >= 4 is 13.6 Å². The Bertz CT molecular complexity index is 249. The van der Waals surface area contributed by atoms with Gasteiger partial charge in [0.05, 0.1) is 0 Å². The van der Waals surface area contributed by atoms with Crippen LogP contribution < -0.4 is 5.19 Å². The van der Waals surface area contributed by atoms with Crippen molar-refractivity contribution in [3.05, 3.63) is 24.3 Å². The van der Waals surface area contributed by atoms with Crippen LogP contribution in [0.3, 0.4) is 0 Å². The maximum Gasteiger partial charge on any atom is 0.214 e. The first kappa shape index (κ1) is 30.2. The van der Waals surface area contributed by atoms with Crippen LogP contribution in [0.2, 0.25) is 13.1 Å². The Labute approximate surface area is 155 Å². The van der Waals surface area contributed by atoms with Crippen molar-refractivity contribution in [1.82, 2.24) is 0 Å². The number of aliphatic hydroxyl groups excluding tert-OH is 3. The molecule has 0 saturated carbocycles. The summed E-state index contributed by atoms with van der Waals surface area (Å²) in [7, 11) is -2.48. The molecule has 0 aliphatic heterocycles. The van der Waals surface area contributed by atoms with Crippen molar-refractivity contribution in [1.29, 1.82) is 0 Å². The smallest absolute Gasteiger partial charge is 0.214 e. The first-order valence-corrected chi connectivity index (χ1v) is 10.5. The minimum Gasteiger partial charge on any atom is -0.396 e. The molecule has 0 aromatic heterocycles. The fraction of sp³-hybridized carbons (Fsp3) is 0.688. The Balaban J connectivity index is -0.000000107. The molecule has 0 aliphatic rings. The first-order chi connectivity index (χ1) is 9.85. The largest absolute Gasteiger partial charge is 0.396 e. The molecular formula is C16H34FHfO3Si-. The minimum absolute atomic E-state index is 0. The van der Waals surface area contributed by atoms with E-state index in [9.17, 15) is 4.11 Å². The van der Waals surface area contributed by atoms with Crippen molar-refractivity contribution in [2.45, 2.75) is 53.1 Å². The summed E-state index contributed by atoms with van der Waals surface area (Å²) >= 11 is 0. The molecule has 0 heterocycles. The number of aliphatic hydroxyl groups is 3. The average Bonchev–Trinajstić information content (AvgIpc) is 3.02. The summed E-state index contributed by atoms with van der Waals surface area (Å²) in [6.45, 7) is 10.1. The summed E-state index contributed by atoms with van der Waals surface area (Å²) < 4.78 is 13.1. The quantitative estimate of drug-likeness (QED) is 0.339. The summed E-state index contributed by atoms with van der Waals surface area (Å²) in [6, 6.07) is 7.46. The molecule has 0 fully saturated rings. The van der Waals surface area contributed by atoms with Gasteiger partial charge in [-0.15, -0.1) is 5.19 Å². The Morgan fingerprint density at radius 1 is 0.818 bits per heavy atom. The van der Waals surface area contributed by atoms with E-state index in [2.05, 4.69) is 0 Å². The van der Waals surface area contributed by atoms with Gasteiger partial charge < -0.3 is 19.4 Å². The molecule has 1 aromatic carbocycles. The normalized spacial score (nSPS) is 8.95. The molecule has 6 heteroatoms. The first-order valence-electron chi connectivity index (χ1n) is 7.59. The zero-order valence-electron chi connectivity index (χ0n) is 14.8. The van der Waals surface area contributed by atoms with Crippen molar-refractivity contribution in [2.24, 2.45) is 0 Å². The molecule has 1 rings (SSSR count). The number of rotatable bonds is 4. The molecule has 3 nitrogen and oxygen atoms in total. The maximum absolute atomic E-state index is 13.1. The van der Waals surface area contributed by atoms with E-state index < -0.39 is 8.41 Å². The monoisotopic (exact) mass is 501 g/mol. The Morgan fingerprint density at radius 3 is 1.14 bits per heavy atom. The summed E-state index contributed by atoms with van der Waals surface area (Å²) in [5.41, 5.74) is 0. The second kappa shape index (κ2) is 23.5. The molecule has 0 unspecified atom stereocenters. The Hall–Kier alpha value is 0.247. The van der Waals surface area contributed by atoms with Crippen LogP contribution in [0, 0.1) is 0 Å². The molecule has 0 bridgehead atoms. The van der Waals surface area contributed by atoms with Crippen LogP contribution in [0.4, 0.5) is 4.11 Å². The van der Waals surface area contributed by atoms with Crippen LogP contribution >= 0.6 is 0 Å². The van der Waals surface area contributed by atoms with Gasteiger partial charge in [0.15, 0.2) is 0 Å². The van der Waals surface area contributed by atoms with Gasteiger partial charge in [0.25, 0.3) is 0 Å². The van der Waals surface area contributed by atoms with E-state index in [1.54, 1.807) is 13.1 Å². The van der Waals surface area contributed by atoms with Gasteiger partial charge in [0.1, 0.15) is 0 Å². The maximum atomic E-state index is 13.1. The fourth-order valence-corrected chi connectivity index (χ4v) is 1.76. The summed E-state index contributed by atoms with van der Waals surface area (Å²) in [4.78, 5) is 0. The molecule has 1 aromatic rings. The van der Waals surface area contributed by atoms with Gasteiger partial charge in [-0.3, -0.25) is 0 Å². The van der Waals surface area contributed by atoms with Gasteiger partial charge in [-0.1, -0.05) is 20.8 Å². The average molecular weight is 500 g/mol. The van der Waals surface area contributed by atoms with Crippen molar-refractivity contribution in [3.8, 4) is 0 Å². The van der Waals surface area contributed by atoms with E-state index in [1.807, 2.05) is 45.0 Å². The third-order valence-corrected chi connectivity index (χ3v) is 3.73. The fourth-order valence-electron chi connectivity index (χ4n) is 0.770. The molecule has 0 aliphatic carbocycles. The van der Waals surface area contributed by atoms with Crippen LogP contribution in [0.1, 0.15) is 40.0 Å². The third-order valence-electron chi connectivity index (χ3n) is 2.02. The number of hydrogen-bond acceptors (Lipinski definition) is 3. The molecule has 0 saturated heterocycles. The summed E-state index contributed by atoms with van der Waals surface area (Å²) in [6.07, 6.45) is 2.62. The van der Waals surface area contributed by atoms with Crippen LogP contribution in [-0.4, -0.2) is 43.5 Å². The predicted octanol–water partition coefficient (Wildman–Crippen LogP) is 2.95. The zero-order chi connectivity index (χ0) is 17.1. The number of hydrogen-bond donors (Lipinski definition) is 3. The van der Waals surface area contributed by atoms with E-state index in [1.165, 1.54) is 0 Å². The molecule has 0 spiro atoms. The number of halogens is 1. The molecule has 3 N–H and O–H groups in total. The van der Waals surface area contributed by atoms with Gasteiger partial charge in [0.2, 0.25) is 8.41 Å². The van der Waals surface area contributed by atoms with E-state index in [-0.39, 0.29) is 25.8 Å².